The number of nitrogens with zero attached hydrogens (tertiary/aromatic N) is 4. The zero-order valence-corrected chi connectivity index (χ0v) is 11.4. The Morgan fingerprint density at radius 3 is 2.63 bits per heavy atom. The number of anilines is 3. The molecule has 2 rings (SSSR count). The van der Waals surface area contributed by atoms with E-state index in [-0.39, 0.29) is 0 Å². The SMILES string of the molecule is CCCNc1nncc(N(CC)c2ccccc2)n1. The molecule has 0 amide bonds. The molecule has 1 aromatic heterocycles. The van der Waals surface area contributed by atoms with Crippen molar-refractivity contribution >= 4 is 17.5 Å². The van der Waals surface area contributed by atoms with Crippen molar-refractivity contribution in [2.24, 2.45) is 0 Å². The molecule has 0 aliphatic carbocycles. The highest BCUT2D eigenvalue weighted by atomic mass is 15.3. The molecule has 19 heavy (non-hydrogen) atoms. The Balaban J connectivity index is 2.23. The molecule has 2 aromatic rings. The van der Waals surface area contributed by atoms with Gasteiger partial charge in [0.05, 0.1) is 6.20 Å². The van der Waals surface area contributed by atoms with E-state index in [0.717, 1.165) is 31.0 Å². The normalized spacial score (nSPS) is 10.2. The van der Waals surface area contributed by atoms with Crippen LogP contribution in [0.15, 0.2) is 36.5 Å². The van der Waals surface area contributed by atoms with Gasteiger partial charge in [-0.25, -0.2) is 0 Å². The maximum atomic E-state index is 4.50. The molecular weight excluding hydrogens is 238 g/mol. The molecule has 1 heterocycles. The molecule has 0 aliphatic heterocycles. The van der Waals surface area contributed by atoms with Crippen LogP contribution in [0.3, 0.4) is 0 Å². The Bertz CT molecular complexity index is 500. The largest absolute Gasteiger partial charge is 0.353 e. The fraction of sp³-hybridized carbons (Fsp3) is 0.357. The fourth-order valence-electron chi connectivity index (χ4n) is 1.82. The lowest BCUT2D eigenvalue weighted by Crippen LogP contribution is -2.18. The molecule has 0 bridgehead atoms. The molecule has 0 saturated heterocycles. The molecular formula is C14H19N5. The number of rotatable bonds is 6. The second-order valence-electron chi connectivity index (χ2n) is 4.14. The quantitative estimate of drug-likeness (QED) is 0.862. The van der Waals surface area contributed by atoms with Gasteiger partial charge < -0.3 is 10.2 Å². The lowest BCUT2D eigenvalue weighted by Gasteiger charge is -2.21. The van der Waals surface area contributed by atoms with E-state index in [9.17, 15) is 0 Å². The van der Waals surface area contributed by atoms with Gasteiger partial charge in [-0.15, -0.1) is 5.10 Å². The van der Waals surface area contributed by atoms with Gasteiger partial charge in [0, 0.05) is 18.8 Å². The Labute approximate surface area is 113 Å². The summed E-state index contributed by atoms with van der Waals surface area (Å²) in [7, 11) is 0. The van der Waals surface area contributed by atoms with Crippen molar-refractivity contribution in [2.75, 3.05) is 23.3 Å². The third kappa shape index (κ3) is 3.40. The lowest BCUT2D eigenvalue weighted by atomic mass is 10.3. The second-order valence-corrected chi connectivity index (χ2v) is 4.14. The summed E-state index contributed by atoms with van der Waals surface area (Å²) in [6, 6.07) is 10.2. The van der Waals surface area contributed by atoms with E-state index < -0.39 is 0 Å². The van der Waals surface area contributed by atoms with Crippen LogP contribution in [-0.2, 0) is 0 Å². The van der Waals surface area contributed by atoms with Gasteiger partial charge in [-0.1, -0.05) is 25.1 Å². The van der Waals surface area contributed by atoms with Crippen molar-refractivity contribution < 1.29 is 0 Å². The molecule has 5 nitrogen and oxygen atoms in total. The van der Waals surface area contributed by atoms with Gasteiger partial charge >= 0.3 is 0 Å². The highest BCUT2D eigenvalue weighted by Crippen LogP contribution is 2.22. The van der Waals surface area contributed by atoms with Gasteiger partial charge in [-0.2, -0.15) is 10.1 Å². The van der Waals surface area contributed by atoms with Crippen LogP contribution < -0.4 is 10.2 Å². The molecule has 0 atom stereocenters. The van der Waals surface area contributed by atoms with Crippen LogP contribution in [0, 0.1) is 0 Å². The maximum Gasteiger partial charge on any atom is 0.244 e. The number of aromatic nitrogens is 3. The van der Waals surface area contributed by atoms with Gasteiger partial charge in [-0.05, 0) is 25.5 Å². The molecule has 0 spiro atoms. The number of nitrogens with one attached hydrogen (secondary N) is 1. The first kappa shape index (κ1) is 13.3. The van der Waals surface area contributed by atoms with Gasteiger partial charge in [0.1, 0.15) is 0 Å². The zero-order chi connectivity index (χ0) is 13.5. The van der Waals surface area contributed by atoms with E-state index in [1.54, 1.807) is 6.20 Å². The van der Waals surface area contributed by atoms with E-state index in [2.05, 4.69) is 51.4 Å². The Kier molecular flexibility index (Phi) is 4.66. The van der Waals surface area contributed by atoms with E-state index >= 15 is 0 Å². The highest BCUT2D eigenvalue weighted by molar-refractivity contribution is 5.59. The predicted octanol–water partition coefficient (Wildman–Crippen LogP) is 2.85. The molecule has 0 radical (unpaired) electrons. The summed E-state index contributed by atoms with van der Waals surface area (Å²) in [4.78, 5) is 6.60. The Morgan fingerprint density at radius 2 is 1.95 bits per heavy atom. The minimum absolute atomic E-state index is 0.578. The smallest absolute Gasteiger partial charge is 0.244 e. The molecule has 100 valence electrons. The van der Waals surface area contributed by atoms with Crippen LogP contribution in [0.25, 0.3) is 0 Å². The molecule has 0 saturated carbocycles. The van der Waals surface area contributed by atoms with Crippen molar-refractivity contribution in [3.05, 3.63) is 36.5 Å². The first-order valence-corrected chi connectivity index (χ1v) is 6.61. The van der Waals surface area contributed by atoms with Crippen LogP contribution in [0.5, 0.6) is 0 Å². The molecule has 1 aromatic carbocycles. The molecule has 0 aliphatic rings. The molecule has 0 fully saturated rings. The first-order chi connectivity index (χ1) is 9.35. The molecule has 5 heteroatoms. The predicted molar refractivity (Wildman–Crippen MR) is 77.7 cm³/mol. The van der Waals surface area contributed by atoms with Crippen molar-refractivity contribution in [3.63, 3.8) is 0 Å². The monoisotopic (exact) mass is 257 g/mol. The van der Waals surface area contributed by atoms with Crippen LogP contribution in [-0.4, -0.2) is 28.3 Å². The van der Waals surface area contributed by atoms with Crippen LogP contribution in [0.4, 0.5) is 17.5 Å². The number of hydrogen-bond acceptors (Lipinski definition) is 5. The summed E-state index contributed by atoms with van der Waals surface area (Å²) in [6.45, 7) is 5.87. The fourth-order valence-corrected chi connectivity index (χ4v) is 1.82. The van der Waals surface area contributed by atoms with Crippen molar-refractivity contribution in [3.8, 4) is 0 Å². The summed E-state index contributed by atoms with van der Waals surface area (Å²) in [5.74, 6) is 1.39. The van der Waals surface area contributed by atoms with E-state index in [0.29, 0.717) is 5.95 Å². The standard InChI is InChI=1S/C14H19N5/c1-3-10-15-14-17-13(11-16-18-14)19(4-2)12-8-6-5-7-9-12/h5-9,11H,3-4,10H2,1-2H3,(H,15,17,18). The van der Waals surface area contributed by atoms with Crippen molar-refractivity contribution in [1.82, 2.24) is 15.2 Å². The minimum atomic E-state index is 0.578. The van der Waals surface area contributed by atoms with Gasteiger partial charge in [0.15, 0.2) is 5.82 Å². The van der Waals surface area contributed by atoms with Crippen LogP contribution in [0.1, 0.15) is 20.3 Å². The van der Waals surface area contributed by atoms with E-state index in [4.69, 9.17) is 0 Å². The van der Waals surface area contributed by atoms with Crippen LogP contribution in [0.2, 0.25) is 0 Å². The third-order valence-corrected chi connectivity index (χ3v) is 2.74. The second kappa shape index (κ2) is 6.68. The molecule has 1 N–H and O–H groups in total. The summed E-state index contributed by atoms with van der Waals surface area (Å²) in [5.41, 5.74) is 1.10. The number of para-hydroxylation sites is 1. The topological polar surface area (TPSA) is 53.9 Å². The van der Waals surface area contributed by atoms with E-state index in [1.165, 1.54) is 0 Å². The van der Waals surface area contributed by atoms with Crippen molar-refractivity contribution in [2.45, 2.75) is 20.3 Å². The third-order valence-electron chi connectivity index (χ3n) is 2.74. The molecule has 0 unspecified atom stereocenters. The maximum absolute atomic E-state index is 4.50. The van der Waals surface area contributed by atoms with Crippen molar-refractivity contribution in [1.29, 1.82) is 0 Å². The van der Waals surface area contributed by atoms with Gasteiger partial charge in [0.2, 0.25) is 5.95 Å². The van der Waals surface area contributed by atoms with Gasteiger partial charge in [0.25, 0.3) is 0 Å². The Morgan fingerprint density at radius 1 is 1.16 bits per heavy atom. The average Bonchev–Trinajstić information content (AvgIpc) is 2.47. The lowest BCUT2D eigenvalue weighted by molar-refractivity contribution is 0.888. The summed E-state index contributed by atoms with van der Waals surface area (Å²) >= 11 is 0. The summed E-state index contributed by atoms with van der Waals surface area (Å²) in [6.07, 6.45) is 2.72. The van der Waals surface area contributed by atoms with Gasteiger partial charge in [-0.3, -0.25) is 0 Å². The summed E-state index contributed by atoms with van der Waals surface area (Å²) in [5, 5.41) is 11.2. The number of benzene rings is 1. The number of hydrogen-bond donors (Lipinski definition) is 1. The van der Waals surface area contributed by atoms with E-state index in [1.807, 2.05) is 18.2 Å². The summed E-state index contributed by atoms with van der Waals surface area (Å²) < 4.78 is 0. The van der Waals surface area contributed by atoms with Crippen LogP contribution >= 0.6 is 0 Å². The minimum Gasteiger partial charge on any atom is -0.353 e. The zero-order valence-electron chi connectivity index (χ0n) is 11.4. The average molecular weight is 257 g/mol. The first-order valence-electron chi connectivity index (χ1n) is 6.61. The highest BCUT2D eigenvalue weighted by Gasteiger charge is 2.09. The Hall–Kier alpha value is -2.17.